The predicted octanol–water partition coefficient (Wildman–Crippen LogP) is 2.81. The second kappa shape index (κ2) is 12.3. The van der Waals surface area contributed by atoms with Crippen LogP contribution < -0.4 is 10.2 Å². The molecule has 1 aliphatic rings. The van der Waals surface area contributed by atoms with Crippen LogP contribution in [0.3, 0.4) is 0 Å². The van der Waals surface area contributed by atoms with Crippen molar-refractivity contribution in [1.29, 1.82) is 0 Å². The summed E-state index contributed by atoms with van der Waals surface area (Å²) < 4.78 is 0. The molecule has 3 heterocycles. The van der Waals surface area contributed by atoms with E-state index < -0.39 is 0 Å². The Morgan fingerprint density at radius 1 is 1.30 bits per heavy atom. The zero-order valence-electron chi connectivity index (χ0n) is 17.3. The summed E-state index contributed by atoms with van der Waals surface area (Å²) in [6.45, 7) is 4.20. The number of aromatic nitrogens is 1. The standard InChI is InChI=1S/C20H27ClN6OS.HI/c1-25(2)19(28)15-24-20(23-8-5-16-4-3-13-29-16)27-11-9-26(10-12-27)18-6-7-22-14-17(18)21;/h3-4,6-7,13-14H,5,8-12,15H2,1-2H3,(H,23,24);1H. The van der Waals surface area contributed by atoms with Crippen LogP contribution in [0.1, 0.15) is 4.88 Å². The van der Waals surface area contributed by atoms with E-state index in [1.807, 2.05) is 6.07 Å². The molecule has 0 saturated carbocycles. The molecule has 164 valence electrons. The number of carbonyl (C=O) groups excluding carboxylic acids is 1. The van der Waals surface area contributed by atoms with E-state index in [2.05, 4.69) is 42.6 Å². The fourth-order valence-electron chi connectivity index (χ4n) is 3.09. The molecule has 0 atom stereocenters. The minimum absolute atomic E-state index is 0. The minimum atomic E-state index is -0.00948. The summed E-state index contributed by atoms with van der Waals surface area (Å²) in [7, 11) is 3.50. The van der Waals surface area contributed by atoms with Crippen LogP contribution in [0.15, 0.2) is 41.0 Å². The third-order valence-corrected chi connectivity index (χ3v) is 6.00. The molecule has 2 aromatic heterocycles. The number of aliphatic imine (C=N–C) groups is 1. The maximum Gasteiger partial charge on any atom is 0.243 e. The van der Waals surface area contributed by atoms with Crippen molar-refractivity contribution in [3.63, 3.8) is 0 Å². The third kappa shape index (κ3) is 6.98. The number of carbonyl (C=O) groups is 1. The summed E-state index contributed by atoms with van der Waals surface area (Å²) in [6, 6.07) is 6.15. The van der Waals surface area contributed by atoms with Crippen molar-refractivity contribution in [2.24, 2.45) is 4.99 Å². The largest absolute Gasteiger partial charge is 0.367 e. The molecule has 0 spiro atoms. The van der Waals surface area contributed by atoms with E-state index in [1.165, 1.54) is 4.88 Å². The molecule has 30 heavy (non-hydrogen) atoms. The highest BCUT2D eigenvalue weighted by atomic mass is 127. The predicted molar refractivity (Wildman–Crippen MR) is 135 cm³/mol. The van der Waals surface area contributed by atoms with E-state index in [1.54, 1.807) is 42.7 Å². The van der Waals surface area contributed by atoms with Crippen LogP contribution in [-0.4, -0.2) is 80.0 Å². The number of likely N-dealkylation sites (N-methyl/N-ethyl adjacent to an activating group) is 1. The van der Waals surface area contributed by atoms with Gasteiger partial charge < -0.3 is 20.0 Å². The Bertz CT molecular complexity index is 824. The number of nitrogens with zero attached hydrogens (tertiary/aromatic N) is 5. The van der Waals surface area contributed by atoms with Crippen LogP contribution in [-0.2, 0) is 11.2 Å². The number of pyridine rings is 1. The van der Waals surface area contributed by atoms with Crippen molar-refractivity contribution >= 4 is 64.5 Å². The van der Waals surface area contributed by atoms with Crippen molar-refractivity contribution in [1.82, 2.24) is 20.1 Å². The molecule has 1 fully saturated rings. The van der Waals surface area contributed by atoms with Gasteiger partial charge in [0.1, 0.15) is 6.54 Å². The van der Waals surface area contributed by atoms with Gasteiger partial charge in [-0.25, -0.2) is 4.99 Å². The summed E-state index contributed by atoms with van der Waals surface area (Å²) >= 11 is 8.05. The topological polar surface area (TPSA) is 64.1 Å². The number of amides is 1. The number of thiophene rings is 1. The molecule has 1 saturated heterocycles. The zero-order valence-corrected chi connectivity index (χ0v) is 21.2. The van der Waals surface area contributed by atoms with Gasteiger partial charge in [0.15, 0.2) is 5.96 Å². The van der Waals surface area contributed by atoms with E-state index >= 15 is 0 Å². The van der Waals surface area contributed by atoms with Crippen LogP contribution in [0.4, 0.5) is 5.69 Å². The SMILES string of the molecule is CN(C)C(=O)CN=C(NCCc1cccs1)N1CCN(c2ccncc2Cl)CC1.I. The highest BCUT2D eigenvalue weighted by Crippen LogP contribution is 2.25. The Balaban J connectivity index is 0.00000320. The van der Waals surface area contributed by atoms with Crippen LogP contribution in [0, 0.1) is 0 Å². The summed E-state index contributed by atoms with van der Waals surface area (Å²) in [5.41, 5.74) is 1.01. The molecular weight excluding hydrogens is 535 g/mol. The number of hydrogen-bond acceptors (Lipinski definition) is 5. The molecule has 3 rings (SSSR count). The molecular formula is C20H28ClIN6OS. The lowest BCUT2D eigenvalue weighted by atomic mass is 10.2. The second-order valence-corrected chi connectivity index (χ2v) is 8.42. The van der Waals surface area contributed by atoms with Crippen LogP contribution in [0.25, 0.3) is 0 Å². The van der Waals surface area contributed by atoms with Crippen molar-refractivity contribution in [3.8, 4) is 0 Å². The average Bonchev–Trinajstić information content (AvgIpc) is 3.24. The Morgan fingerprint density at radius 2 is 2.07 bits per heavy atom. The molecule has 10 heteroatoms. The van der Waals surface area contributed by atoms with E-state index in [0.29, 0.717) is 5.02 Å². The number of piperazine rings is 1. The van der Waals surface area contributed by atoms with Crippen LogP contribution >= 0.6 is 46.9 Å². The van der Waals surface area contributed by atoms with Gasteiger partial charge in [0.05, 0.1) is 10.7 Å². The normalized spacial score (nSPS) is 14.3. The number of nitrogens with one attached hydrogen (secondary N) is 1. The molecule has 7 nitrogen and oxygen atoms in total. The first kappa shape index (κ1) is 24.7. The molecule has 0 aromatic carbocycles. The lowest BCUT2D eigenvalue weighted by molar-refractivity contribution is -0.127. The van der Waals surface area contributed by atoms with Gasteiger partial charge in [-0.1, -0.05) is 17.7 Å². The van der Waals surface area contributed by atoms with Crippen molar-refractivity contribution in [2.75, 3.05) is 58.3 Å². The third-order valence-electron chi connectivity index (χ3n) is 4.77. The summed E-state index contributed by atoms with van der Waals surface area (Å²) in [5, 5.41) is 6.20. The maximum absolute atomic E-state index is 12.0. The molecule has 1 amide bonds. The highest BCUT2D eigenvalue weighted by molar-refractivity contribution is 14.0. The van der Waals surface area contributed by atoms with Gasteiger partial charge in [-0.05, 0) is 23.9 Å². The van der Waals surface area contributed by atoms with Gasteiger partial charge in [-0.2, -0.15) is 0 Å². The molecule has 0 bridgehead atoms. The molecule has 1 N–H and O–H groups in total. The Hall–Kier alpha value is -1.59. The molecule has 2 aromatic rings. The van der Waals surface area contributed by atoms with E-state index in [-0.39, 0.29) is 36.4 Å². The number of rotatable bonds is 6. The number of guanidine groups is 1. The van der Waals surface area contributed by atoms with Gasteiger partial charge in [0.25, 0.3) is 0 Å². The quantitative estimate of drug-likeness (QED) is 0.333. The monoisotopic (exact) mass is 562 g/mol. The first-order valence-corrected chi connectivity index (χ1v) is 10.9. The van der Waals surface area contributed by atoms with Gasteiger partial charge in [0.2, 0.25) is 5.91 Å². The van der Waals surface area contributed by atoms with Crippen LogP contribution in [0.2, 0.25) is 5.02 Å². The lowest BCUT2D eigenvalue weighted by Crippen LogP contribution is -2.53. The Morgan fingerprint density at radius 3 is 2.70 bits per heavy atom. The van der Waals surface area contributed by atoms with Crippen molar-refractivity contribution in [2.45, 2.75) is 6.42 Å². The average molecular weight is 563 g/mol. The molecule has 0 radical (unpaired) electrons. The van der Waals surface area contributed by atoms with Crippen LogP contribution in [0.5, 0.6) is 0 Å². The molecule has 0 unspecified atom stereocenters. The minimum Gasteiger partial charge on any atom is -0.367 e. The number of hydrogen-bond donors (Lipinski definition) is 1. The number of anilines is 1. The van der Waals surface area contributed by atoms with Crippen molar-refractivity contribution < 1.29 is 4.79 Å². The first-order valence-electron chi connectivity index (χ1n) is 9.65. The molecule has 0 aliphatic carbocycles. The Labute approximate surface area is 204 Å². The van der Waals surface area contributed by atoms with E-state index in [0.717, 1.165) is 50.8 Å². The first-order chi connectivity index (χ1) is 14.0. The smallest absolute Gasteiger partial charge is 0.243 e. The second-order valence-electron chi connectivity index (χ2n) is 6.99. The van der Waals surface area contributed by atoms with Gasteiger partial charge in [-0.3, -0.25) is 9.78 Å². The summed E-state index contributed by atoms with van der Waals surface area (Å²) in [4.78, 5) is 28.0. The highest BCUT2D eigenvalue weighted by Gasteiger charge is 2.21. The Kier molecular flexibility index (Phi) is 10.1. The molecule has 1 aliphatic heterocycles. The van der Waals surface area contributed by atoms with Gasteiger partial charge in [-0.15, -0.1) is 35.3 Å². The van der Waals surface area contributed by atoms with E-state index in [9.17, 15) is 4.79 Å². The fraction of sp³-hybridized carbons (Fsp3) is 0.450. The summed E-state index contributed by atoms with van der Waals surface area (Å²) in [5.74, 6) is 0.780. The van der Waals surface area contributed by atoms with Gasteiger partial charge >= 0.3 is 0 Å². The summed E-state index contributed by atoms with van der Waals surface area (Å²) in [6.07, 6.45) is 4.37. The maximum atomic E-state index is 12.0. The van der Waals surface area contributed by atoms with Crippen molar-refractivity contribution in [3.05, 3.63) is 45.9 Å². The fourth-order valence-corrected chi connectivity index (χ4v) is 4.04. The lowest BCUT2D eigenvalue weighted by Gasteiger charge is -2.38. The van der Waals surface area contributed by atoms with Gasteiger partial charge in [0, 0.05) is 64.1 Å². The zero-order chi connectivity index (χ0) is 20.6. The van der Waals surface area contributed by atoms with E-state index in [4.69, 9.17) is 11.6 Å². The number of halogens is 2.